The maximum Gasteiger partial charge on any atom is 0.242 e. The topological polar surface area (TPSA) is 93.9 Å². The van der Waals surface area contributed by atoms with Gasteiger partial charge in [-0.15, -0.1) is 0 Å². The second-order valence-electron chi connectivity index (χ2n) is 8.05. The van der Waals surface area contributed by atoms with E-state index < -0.39 is 0 Å². The smallest absolute Gasteiger partial charge is 0.242 e. The molecule has 1 saturated heterocycles. The zero-order valence-corrected chi connectivity index (χ0v) is 18.5. The van der Waals surface area contributed by atoms with Crippen molar-refractivity contribution < 1.29 is 19.1 Å². The quantitative estimate of drug-likeness (QED) is 0.524. The molecule has 0 unspecified atom stereocenters. The minimum atomic E-state index is -0.321. The number of morpholine rings is 1. The number of benzene rings is 1. The highest BCUT2D eigenvalue weighted by molar-refractivity contribution is 5.88. The van der Waals surface area contributed by atoms with Crippen LogP contribution in [0.1, 0.15) is 25.8 Å². The van der Waals surface area contributed by atoms with Gasteiger partial charge in [-0.05, 0) is 17.9 Å². The number of ether oxygens (including phenoxy) is 1. The van der Waals surface area contributed by atoms with Crippen LogP contribution in [-0.4, -0.2) is 84.9 Å². The second kappa shape index (κ2) is 12.7. The zero-order valence-electron chi connectivity index (χ0n) is 18.5. The van der Waals surface area contributed by atoms with Gasteiger partial charge in [0.2, 0.25) is 17.7 Å². The van der Waals surface area contributed by atoms with Crippen molar-refractivity contribution in [2.75, 3.05) is 52.5 Å². The molecule has 0 aromatic heterocycles. The van der Waals surface area contributed by atoms with Gasteiger partial charge in [0.15, 0.2) is 0 Å². The number of carbonyl (C=O) groups is 3. The summed E-state index contributed by atoms with van der Waals surface area (Å²) in [6, 6.07) is 11.6. The second-order valence-corrected chi connectivity index (χ2v) is 8.05. The van der Waals surface area contributed by atoms with Crippen LogP contribution < -0.4 is 0 Å². The number of hydrogen-bond acceptors (Lipinski definition) is 5. The average Bonchev–Trinajstić information content (AvgIpc) is 2.77. The summed E-state index contributed by atoms with van der Waals surface area (Å²) in [5.74, 6) is -0.527. The van der Waals surface area contributed by atoms with Gasteiger partial charge in [-0.1, -0.05) is 44.2 Å². The number of rotatable bonds is 10. The summed E-state index contributed by atoms with van der Waals surface area (Å²) < 4.78 is 5.28. The van der Waals surface area contributed by atoms with Crippen LogP contribution in [0.15, 0.2) is 30.3 Å². The van der Waals surface area contributed by atoms with E-state index in [4.69, 9.17) is 10.00 Å². The van der Waals surface area contributed by atoms with E-state index in [-0.39, 0.29) is 49.7 Å². The van der Waals surface area contributed by atoms with Crippen LogP contribution in [0.2, 0.25) is 0 Å². The molecule has 2 rings (SSSR count). The van der Waals surface area contributed by atoms with E-state index in [9.17, 15) is 14.4 Å². The highest BCUT2D eigenvalue weighted by Crippen LogP contribution is 2.08. The molecule has 0 spiro atoms. The van der Waals surface area contributed by atoms with Crippen LogP contribution in [0.5, 0.6) is 0 Å². The Morgan fingerprint density at radius 2 is 1.74 bits per heavy atom. The summed E-state index contributed by atoms with van der Waals surface area (Å²) in [6.07, 6.45) is 0.761. The van der Waals surface area contributed by atoms with E-state index in [1.165, 1.54) is 9.80 Å². The van der Waals surface area contributed by atoms with E-state index >= 15 is 0 Å². The summed E-state index contributed by atoms with van der Waals surface area (Å²) in [4.78, 5) is 42.8. The fourth-order valence-corrected chi connectivity index (χ4v) is 3.41. The van der Waals surface area contributed by atoms with Crippen LogP contribution in [-0.2, 0) is 25.5 Å². The number of hydrogen-bond donors (Lipinski definition) is 0. The van der Waals surface area contributed by atoms with Crippen LogP contribution >= 0.6 is 0 Å². The van der Waals surface area contributed by atoms with Gasteiger partial charge in [0.1, 0.15) is 13.1 Å². The Labute approximate surface area is 184 Å². The number of nitrogens with zero attached hydrogens (tertiary/aromatic N) is 4. The Morgan fingerprint density at radius 1 is 1.06 bits per heavy atom. The van der Waals surface area contributed by atoms with Gasteiger partial charge >= 0.3 is 0 Å². The highest BCUT2D eigenvalue weighted by Gasteiger charge is 2.26. The van der Waals surface area contributed by atoms with Crippen LogP contribution in [0.25, 0.3) is 0 Å². The first-order chi connectivity index (χ1) is 14.9. The number of nitriles is 1. The molecule has 1 aromatic rings. The van der Waals surface area contributed by atoms with Gasteiger partial charge in [0.25, 0.3) is 0 Å². The molecule has 8 heteroatoms. The summed E-state index contributed by atoms with van der Waals surface area (Å²) in [5, 5.41) is 9.14. The van der Waals surface area contributed by atoms with E-state index in [0.29, 0.717) is 39.3 Å². The Bertz CT molecular complexity index is 770. The predicted octanol–water partition coefficient (Wildman–Crippen LogP) is 1.31. The molecule has 3 amide bonds. The monoisotopic (exact) mass is 428 g/mol. The van der Waals surface area contributed by atoms with E-state index in [0.717, 1.165) is 5.56 Å². The highest BCUT2D eigenvalue weighted by atomic mass is 16.5. The van der Waals surface area contributed by atoms with Gasteiger partial charge in [-0.25, -0.2) is 0 Å². The average molecular weight is 429 g/mol. The fraction of sp³-hybridized carbons (Fsp3) is 0.565. The van der Waals surface area contributed by atoms with Crippen molar-refractivity contribution in [3.05, 3.63) is 35.9 Å². The summed E-state index contributed by atoms with van der Waals surface area (Å²) >= 11 is 0. The molecule has 1 aliphatic heterocycles. The minimum absolute atomic E-state index is 0.0321. The summed E-state index contributed by atoms with van der Waals surface area (Å²) in [6.45, 7) is 5.97. The van der Waals surface area contributed by atoms with Crippen LogP contribution in [0, 0.1) is 17.2 Å². The maximum atomic E-state index is 13.0. The number of amides is 3. The predicted molar refractivity (Wildman–Crippen MR) is 116 cm³/mol. The first-order valence-corrected chi connectivity index (χ1v) is 10.7. The minimum Gasteiger partial charge on any atom is -0.378 e. The van der Waals surface area contributed by atoms with Crippen molar-refractivity contribution in [1.29, 1.82) is 5.26 Å². The number of aryl methyl sites for hydroxylation is 1. The lowest BCUT2D eigenvalue weighted by Gasteiger charge is -2.31. The van der Waals surface area contributed by atoms with Gasteiger partial charge in [-0.2, -0.15) is 5.26 Å². The van der Waals surface area contributed by atoms with Crippen LogP contribution in [0.3, 0.4) is 0 Å². The molecule has 0 N–H and O–H groups in total. The molecule has 0 radical (unpaired) electrons. The molecule has 1 aromatic carbocycles. The molecule has 0 atom stereocenters. The normalized spacial score (nSPS) is 13.5. The lowest BCUT2D eigenvalue weighted by molar-refractivity contribution is -0.145. The molecule has 1 fully saturated rings. The van der Waals surface area contributed by atoms with E-state index in [1.807, 2.05) is 50.2 Å². The Kier molecular flexibility index (Phi) is 9.98. The molecule has 1 aliphatic rings. The molecule has 1 heterocycles. The third-order valence-electron chi connectivity index (χ3n) is 5.04. The van der Waals surface area contributed by atoms with Crippen molar-refractivity contribution in [3.63, 3.8) is 0 Å². The molecule has 0 bridgehead atoms. The first kappa shape index (κ1) is 24.4. The van der Waals surface area contributed by atoms with Crippen molar-refractivity contribution in [2.24, 2.45) is 5.92 Å². The summed E-state index contributed by atoms with van der Waals surface area (Å²) in [5.41, 5.74) is 1.02. The van der Waals surface area contributed by atoms with E-state index in [2.05, 4.69) is 0 Å². The van der Waals surface area contributed by atoms with Crippen molar-refractivity contribution in [3.8, 4) is 6.07 Å². The van der Waals surface area contributed by atoms with Gasteiger partial charge in [0.05, 0.1) is 25.8 Å². The lowest BCUT2D eigenvalue weighted by atomic mass is 10.1. The Morgan fingerprint density at radius 3 is 2.35 bits per heavy atom. The summed E-state index contributed by atoms with van der Waals surface area (Å²) in [7, 11) is 0. The number of carbonyl (C=O) groups excluding carboxylic acids is 3. The van der Waals surface area contributed by atoms with Gasteiger partial charge < -0.3 is 19.4 Å². The van der Waals surface area contributed by atoms with Crippen LogP contribution in [0.4, 0.5) is 0 Å². The largest absolute Gasteiger partial charge is 0.378 e. The molecule has 8 nitrogen and oxygen atoms in total. The molecular weight excluding hydrogens is 396 g/mol. The molecule has 0 aliphatic carbocycles. The third kappa shape index (κ3) is 8.38. The van der Waals surface area contributed by atoms with E-state index in [1.54, 1.807) is 4.90 Å². The maximum absolute atomic E-state index is 13.0. The molecule has 31 heavy (non-hydrogen) atoms. The SMILES string of the molecule is CC(C)CN(CC(=O)N1CCOCC1)C(=O)CN(CC#N)C(=O)CCc1ccccc1. The molecule has 168 valence electrons. The van der Waals surface area contributed by atoms with Crippen molar-refractivity contribution >= 4 is 17.7 Å². The Balaban J connectivity index is 1.98. The van der Waals surface area contributed by atoms with Crippen molar-refractivity contribution in [1.82, 2.24) is 14.7 Å². The van der Waals surface area contributed by atoms with Gasteiger partial charge in [0, 0.05) is 26.1 Å². The third-order valence-corrected chi connectivity index (χ3v) is 5.04. The first-order valence-electron chi connectivity index (χ1n) is 10.7. The fourth-order valence-electron chi connectivity index (χ4n) is 3.41. The van der Waals surface area contributed by atoms with Crippen molar-refractivity contribution in [2.45, 2.75) is 26.7 Å². The lowest BCUT2D eigenvalue weighted by Crippen LogP contribution is -2.50. The zero-order chi connectivity index (χ0) is 22.6. The standard InChI is InChI=1S/C23H32N4O4/c1-19(2)16-27(18-22(29)25-12-14-31-15-13-25)23(30)17-26(11-10-24)21(28)9-8-20-6-4-3-5-7-20/h3-7,19H,8-9,11-18H2,1-2H3. The van der Waals surface area contributed by atoms with Gasteiger partial charge in [-0.3, -0.25) is 14.4 Å². The molecular formula is C23H32N4O4. The Hall–Kier alpha value is -2.92. The molecule has 0 saturated carbocycles.